The molecule has 25 heavy (non-hydrogen) atoms. The van der Waals surface area contributed by atoms with E-state index in [1.165, 1.54) is 5.56 Å². The fraction of sp³-hybridized carbons (Fsp3) is 0.500. The SMILES string of the molecule is Cc1ccc(-c2nc(C)c(C(C)NC(=O)CCCCCCN)s2)cc1. The zero-order chi connectivity index (χ0) is 18.2. The van der Waals surface area contributed by atoms with Crippen LogP contribution in [0, 0.1) is 13.8 Å². The standard InChI is InChI=1S/C20H29N3OS/c1-14-9-11-17(12-10-14)20-23-16(3)19(25-20)15(2)22-18(24)8-6-4-5-7-13-21/h9-12,15H,4-8,13,21H2,1-3H3,(H,22,24). The summed E-state index contributed by atoms with van der Waals surface area (Å²) >= 11 is 1.66. The molecule has 0 radical (unpaired) electrons. The molecule has 0 spiro atoms. The number of hydrogen-bond acceptors (Lipinski definition) is 4. The Morgan fingerprint density at radius 2 is 1.84 bits per heavy atom. The van der Waals surface area contributed by atoms with E-state index in [0.717, 1.165) is 53.4 Å². The summed E-state index contributed by atoms with van der Waals surface area (Å²) < 4.78 is 0. The van der Waals surface area contributed by atoms with Crippen LogP contribution >= 0.6 is 11.3 Å². The second-order valence-electron chi connectivity index (χ2n) is 6.58. The van der Waals surface area contributed by atoms with Crippen LogP contribution < -0.4 is 11.1 Å². The van der Waals surface area contributed by atoms with E-state index in [9.17, 15) is 4.79 Å². The molecule has 1 unspecified atom stereocenters. The minimum absolute atomic E-state index is 0.00626. The number of aryl methyl sites for hydroxylation is 2. The molecule has 2 rings (SSSR count). The Kier molecular flexibility index (Phi) is 7.59. The number of carbonyl (C=O) groups excluding carboxylic acids is 1. The Labute approximate surface area is 154 Å². The van der Waals surface area contributed by atoms with Gasteiger partial charge in [-0.3, -0.25) is 4.79 Å². The number of unbranched alkanes of at least 4 members (excludes halogenated alkanes) is 3. The molecule has 0 aliphatic carbocycles. The molecule has 4 nitrogen and oxygen atoms in total. The number of nitrogens with zero attached hydrogens (tertiary/aromatic N) is 1. The van der Waals surface area contributed by atoms with Crippen LogP contribution in [-0.2, 0) is 4.79 Å². The maximum Gasteiger partial charge on any atom is 0.220 e. The molecular formula is C20H29N3OS. The molecule has 1 amide bonds. The molecule has 1 aromatic carbocycles. The van der Waals surface area contributed by atoms with Crippen LogP contribution in [0.1, 0.15) is 61.2 Å². The van der Waals surface area contributed by atoms with Crippen molar-refractivity contribution in [1.82, 2.24) is 10.3 Å². The highest BCUT2D eigenvalue weighted by atomic mass is 32.1. The van der Waals surface area contributed by atoms with Gasteiger partial charge in [-0.05, 0) is 40.2 Å². The lowest BCUT2D eigenvalue weighted by atomic mass is 10.1. The van der Waals surface area contributed by atoms with E-state index in [4.69, 9.17) is 10.7 Å². The second kappa shape index (κ2) is 9.68. The van der Waals surface area contributed by atoms with Crippen LogP contribution in [0.2, 0.25) is 0 Å². The van der Waals surface area contributed by atoms with Crippen LogP contribution in [0.4, 0.5) is 0 Å². The predicted octanol–water partition coefficient (Wildman–Crippen LogP) is 4.51. The average Bonchev–Trinajstić information content (AvgIpc) is 2.97. The fourth-order valence-electron chi connectivity index (χ4n) is 2.79. The topological polar surface area (TPSA) is 68.0 Å². The summed E-state index contributed by atoms with van der Waals surface area (Å²) in [5.74, 6) is 0.116. The Balaban J connectivity index is 1.92. The van der Waals surface area contributed by atoms with Crippen molar-refractivity contribution in [2.24, 2.45) is 5.73 Å². The van der Waals surface area contributed by atoms with Gasteiger partial charge in [-0.15, -0.1) is 11.3 Å². The molecule has 3 N–H and O–H groups in total. The van der Waals surface area contributed by atoms with E-state index in [0.29, 0.717) is 6.42 Å². The van der Waals surface area contributed by atoms with Crippen molar-refractivity contribution in [3.8, 4) is 10.6 Å². The number of thiazole rings is 1. The maximum absolute atomic E-state index is 12.1. The zero-order valence-corrected chi connectivity index (χ0v) is 16.3. The van der Waals surface area contributed by atoms with Gasteiger partial charge in [0.15, 0.2) is 0 Å². The van der Waals surface area contributed by atoms with Crippen molar-refractivity contribution in [3.05, 3.63) is 40.4 Å². The van der Waals surface area contributed by atoms with Crippen LogP contribution in [0.25, 0.3) is 10.6 Å². The van der Waals surface area contributed by atoms with E-state index in [1.807, 2.05) is 13.8 Å². The lowest BCUT2D eigenvalue weighted by Gasteiger charge is -2.12. The lowest BCUT2D eigenvalue weighted by Crippen LogP contribution is -2.26. The van der Waals surface area contributed by atoms with Crippen LogP contribution in [0.15, 0.2) is 24.3 Å². The molecule has 1 heterocycles. The highest BCUT2D eigenvalue weighted by Crippen LogP contribution is 2.31. The Hall–Kier alpha value is -1.72. The summed E-state index contributed by atoms with van der Waals surface area (Å²) in [5, 5.41) is 4.12. The van der Waals surface area contributed by atoms with Gasteiger partial charge in [0, 0.05) is 12.0 Å². The number of nitrogens with two attached hydrogens (primary N) is 1. The van der Waals surface area contributed by atoms with Crippen molar-refractivity contribution in [2.75, 3.05) is 6.54 Å². The molecule has 2 aromatic rings. The van der Waals surface area contributed by atoms with Gasteiger partial charge in [0.2, 0.25) is 5.91 Å². The molecule has 0 bridgehead atoms. The number of nitrogens with one attached hydrogen (secondary N) is 1. The quantitative estimate of drug-likeness (QED) is 0.647. The number of aromatic nitrogens is 1. The molecule has 0 aliphatic rings. The predicted molar refractivity (Wildman–Crippen MR) is 106 cm³/mol. The summed E-state index contributed by atoms with van der Waals surface area (Å²) in [7, 11) is 0. The number of carbonyl (C=O) groups is 1. The Morgan fingerprint density at radius 3 is 2.52 bits per heavy atom. The van der Waals surface area contributed by atoms with E-state index < -0.39 is 0 Å². The van der Waals surface area contributed by atoms with Crippen molar-refractivity contribution in [3.63, 3.8) is 0 Å². The van der Waals surface area contributed by atoms with Crippen molar-refractivity contribution in [2.45, 2.75) is 58.9 Å². The summed E-state index contributed by atoms with van der Waals surface area (Å²) in [4.78, 5) is 18.0. The molecule has 0 saturated heterocycles. The normalized spacial score (nSPS) is 12.2. The van der Waals surface area contributed by atoms with E-state index >= 15 is 0 Å². The van der Waals surface area contributed by atoms with Gasteiger partial charge < -0.3 is 11.1 Å². The van der Waals surface area contributed by atoms with Gasteiger partial charge in [0.25, 0.3) is 0 Å². The number of hydrogen-bond donors (Lipinski definition) is 2. The number of benzene rings is 1. The molecule has 136 valence electrons. The molecule has 5 heteroatoms. The van der Waals surface area contributed by atoms with Crippen molar-refractivity contribution >= 4 is 17.2 Å². The third-order valence-electron chi connectivity index (χ3n) is 4.26. The first-order valence-electron chi connectivity index (χ1n) is 9.05. The lowest BCUT2D eigenvalue weighted by molar-refractivity contribution is -0.121. The smallest absolute Gasteiger partial charge is 0.220 e. The summed E-state index contributed by atoms with van der Waals surface area (Å²) in [5.41, 5.74) is 8.85. The number of amides is 1. The third kappa shape index (κ3) is 5.94. The second-order valence-corrected chi connectivity index (χ2v) is 7.61. The summed E-state index contributed by atoms with van der Waals surface area (Å²) in [6.07, 6.45) is 4.72. The third-order valence-corrected chi connectivity index (χ3v) is 5.65. The maximum atomic E-state index is 12.1. The van der Waals surface area contributed by atoms with Gasteiger partial charge in [-0.1, -0.05) is 42.7 Å². The summed E-state index contributed by atoms with van der Waals surface area (Å²) in [6, 6.07) is 8.39. The van der Waals surface area contributed by atoms with Gasteiger partial charge >= 0.3 is 0 Å². The van der Waals surface area contributed by atoms with E-state index in [1.54, 1.807) is 11.3 Å². The molecular weight excluding hydrogens is 330 g/mol. The fourth-order valence-corrected chi connectivity index (χ4v) is 3.87. The van der Waals surface area contributed by atoms with Gasteiger partial charge in [-0.2, -0.15) is 0 Å². The number of rotatable bonds is 9. The summed E-state index contributed by atoms with van der Waals surface area (Å²) in [6.45, 7) is 6.86. The van der Waals surface area contributed by atoms with Crippen LogP contribution in [0.5, 0.6) is 0 Å². The van der Waals surface area contributed by atoms with Gasteiger partial charge in [0.05, 0.1) is 16.6 Å². The first-order valence-corrected chi connectivity index (χ1v) is 9.86. The largest absolute Gasteiger partial charge is 0.349 e. The first-order chi connectivity index (χ1) is 12.0. The first kappa shape index (κ1) is 19.6. The minimum Gasteiger partial charge on any atom is -0.349 e. The van der Waals surface area contributed by atoms with Crippen LogP contribution in [0.3, 0.4) is 0 Å². The molecule has 1 atom stereocenters. The van der Waals surface area contributed by atoms with Gasteiger partial charge in [0.1, 0.15) is 5.01 Å². The van der Waals surface area contributed by atoms with Crippen molar-refractivity contribution in [1.29, 1.82) is 0 Å². The Bertz CT molecular complexity index is 679. The van der Waals surface area contributed by atoms with E-state index in [2.05, 4.69) is 36.5 Å². The minimum atomic E-state index is -0.00626. The Morgan fingerprint density at radius 1 is 1.16 bits per heavy atom. The molecule has 0 fully saturated rings. The molecule has 0 aliphatic heterocycles. The van der Waals surface area contributed by atoms with Gasteiger partial charge in [-0.25, -0.2) is 4.98 Å². The highest BCUT2D eigenvalue weighted by Gasteiger charge is 2.17. The highest BCUT2D eigenvalue weighted by molar-refractivity contribution is 7.15. The molecule has 0 saturated carbocycles. The average molecular weight is 360 g/mol. The molecule has 1 aromatic heterocycles. The van der Waals surface area contributed by atoms with Crippen molar-refractivity contribution < 1.29 is 4.79 Å². The monoisotopic (exact) mass is 359 g/mol. The zero-order valence-electron chi connectivity index (χ0n) is 15.5. The van der Waals surface area contributed by atoms with E-state index in [-0.39, 0.29) is 11.9 Å². The van der Waals surface area contributed by atoms with Crippen LogP contribution in [-0.4, -0.2) is 17.4 Å².